The Bertz CT molecular complexity index is 560. The highest BCUT2D eigenvalue weighted by atomic mass is 16.5. The van der Waals surface area contributed by atoms with E-state index in [2.05, 4.69) is 24.1 Å². The number of amides is 1. The van der Waals surface area contributed by atoms with Crippen LogP contribution in [-0.2, 0) is 9.53 Å². The zero-order chi connectivity index (χ0) is 20.2. The van der Waals surface area contributed by atoms with Gasteiger partial charge in [0, 0.05) is 18.8 Å². The fourth-order valence-corrected chi connectivity index (χ4v) is 3.47. The van der Waals surface area contributed by atoms with Crippen molar-refractivity contribution in [2.45, 2.75) is 71.3 Å². The average molecular weight is 391 g/mol. The number of unbranched alkanes of at least 4 members (excludes halogenated alkanes) is 1. The van der Waals surface area contributed by atoms with Gasteiger partial charge in [-0.3, -0.25) is 4.79 Å². The van der Waals surface area contributed by atoms with Crippen LogP contribution in [0.3, 0.4) is 0 Å². The molecular formula is C23H38N2O3. The zero-order valence-corrected chi connectivity index (χ0v) is 18.0. The summed E-state index contributed by atoms with van der Waals surface area (Å²) in [5.41, 5.74) is -0.00577. The molecule has 1 aromatic rings. The predicted octanol–water partition coefficient (Wildman–Crippen LogP) is 4.87. The molecule has 1 aliphatic heterocycles. The van der Waals surface area contributed by atoms with Gasteiger partial charge in [0.05, 0.1) is 6.61 Å². The van der Waals surface area contributed by atoms with E-state index in [4.69, 9.17) is 9.47 Å². The quantitative estimate of drug-likeness (QED) is 0.489. The summed E-state index contributed by atoms with van der Waals surface area (Å²) >= 11 is 0. The third-order valence-corrected chi connectivity index (χ3v) is 5.31. The van der Waals surface area contributed by atoms with Gasteiger partial charge in [-0.05, 0) is 76.4 Å². The Labute approximate surface area is 170 Å². The van der Waals surface area contributed by atoms with Gasteiger partial charge < -0.3 is 19.7 Å². The van der Waals surface area contributed by atoms with Gasteiger partial charge in [-0.1, -0.05) is 26.7 Å². The van der Waals surface area contributed by atoms with Crippen molar-refractivity contribution in [3.63, 3.8) is 0 Å². The Morgan fingerprint density at radius 2 is 1.79 bits per heavy atom. The lowest BCUT2D eigenvalue weighted by Crippen LogP contribution is -2.43. The SMILES string of the molecule is CCCCC(C)(OCCC)C(=O)Nc1ccc(OCCCN2CCCC2)cc1. The Morgan fingerprint density at radius 1 is 1.07 bits per heavy atom. The fraction of sp³-hybridized carbons (Fsp3) is 0.696. The highest BCUT2D eigenvalue weighted by Gasteiger charge is 2.33. The lowest BCUT2D eigenvalue weighted by molar-refractivity contribution is -0.140. The largest absolute Gasteiger partial charge is 0.494 e. The maximum Gasteiger partial charge on any atom is 0.256 e. The number of ether oxygens (including phenoxy) is 2. The first-order chi connectivity index (χ1) is 13.6. The van der Waals surface area contributed by atoms with Gasteiger partial charge in [-0.2, -0.15) is 0 Å². The molecule has 0 radical (unpaired) electrons. The molecular weight excluding hydrogens is 352 g/mol. The van der Waals surface area contributed by atoms with Crippen LogP contribution in [0.1, 0.15) is 65.7 Å². The summed E-state index contributed by atoms with van der Waals surface area (Å²) < 4.78 is 11.7. The minimum Gasteiger partial charge on any atom is -0.494 e. The summed E-state index contributed by atoms with van der Waals surface area (Å²) in [6.45, 7) is 11.0. The van der Waals surface area contributed by atoms with E-state index in [-0.39, 0.29) is 5.91 Å². The Morgan fingerprint density at radius 3 is 2.43 bits per heavy atom. The maximum atomic E-state index is 12.8. The number of nitrogens with one attached hydrogen (secondary N) is 1. The minimum absolute atomic E-state index is 0.0753. The number of anilines is 1. The lowest BCUT2D eigenvalue weighted by Gasteiger charge is -2.28. The lowest BCUT2D eigenvalue weighted by atomic mass is 9.97. The minimum atomic E-state index is -0.781. The first kappa shape index (κ1) is 22.7. The van der Waals surface area contributed by atoms with Crippen LogP contribution in [0.15, 0.2) is 24.3 Å². The Balaban J connectivity index is 1.79. The molecule has 2 rings (SSSR count). The molecule has 1 aliphatic rings. The second kappa shape index (κ2) is 12.1. The molecule has 5 heteroatoms. The Hall–Kier alpha value is -1.59. The summed E-state index contributed by atoms with van der Waals surface area (Å²) in [4.78, 5) is 15.3. The van der Waals surface area contributed by atoms with Gasteiger partial charge >= 0.3 is 0 Å². The predicted molar refractivity (Wildman–Crippen MR) is 115 cm³/mol. The Kier molecular flexibility index (Phi) is 9.79. The molecule has 1 saturated heterocycles. The van der Waals surface area contributed by atoms with E-state index < -0.39 is 5.60 Å². The topological polar surface area (TPSA) is 50.8 Å². The summed E-state index contributed by atoms with van der Waals surface area (Å²) in [5.74, 6) is 0.768. The van der Waals surface area contributed by atoms with Crippen LogP contribution < -0.4 is 10.1 Å². The number of hydrogen-bond acceptors (Lipinski definition) is 4. The van der Waals surface area contributed by atoms with Crippen LogP contribution in [0, 0.1) is 0 Å². The van der Waals surface area contributed by atoms with E-state index >= 15 is 0 Å². The standard InChI is InChI=1S/C23H38N2O3/c1-4-6-14-23(3,28-18-5-2)22(26)24-20-10-12-21(13-11-20)27-19-9-17-25-15-7-8-16-25/h10-13H,4-9,14-19H2,1-3H3,(H,24,26). The van der Waals surface area contributed by atoms with E-state index in [0.29, 0.717) is 6.61 Å². The van der Waals surface area contributed by atoms with Crippen LogP contribution in [0.5, 0.6) is 5.75 Å². The molecule has 1 unspecified atom stereocenters. The highest BCUT2D eigenvalue weighted by molar-refractivity contribution is 5.97. The van der Waals surface area contributed by atoms with Gasteiger partial charge in [0.15, 0.2) is 0 Å². The smallest absolute Gasteiger partial charge is 0.256 e. The summed E-state index contributed by atoms with van der Waals surface area (Å²) in [6.07, 6.45) is 7.35. The van der Waals surface area contributed by atoms with Crippen molar-refractivity contribution in [1.82, 2.24) is 4.90 Å². The first-order valence-corrected chi connectivity index (χ1v) is 11.0. The molecule has 0 bridgehead atoms. The molecule has 1 aromatic carbocycles. The fourth-order valence-electron chi connectivity index (χ4n) is 3.47. The van der Waals surface area contributed by atoms with Crippen LogP contribution in [0.25, 0.3) is 0 Å². The molecule has 0 aliphatic carbocycles. The number of carbonyl (C=O) groups excluding carboxylic acids is 1. The van der Waals surface area contributed by atoms with Crippen molar-refractivity contribution < 1.29 is 14.3 Å². The first-order valence-electron chi connectivity index (χ1n) is 11.0. The van der Waals surface area contributed by atoms with Crippen LogP contribution in [-0.4, -0.2) is 49.3 Å². The molecule has 1 heterocycles. The van der Waals surface area contributed by atoms with Crippen LogP contribution in [0.4, 0.5) is 5.69 Å². The molecule has 158 valence electrons. The van der Waals surface area contributed by atoms with Crippen LogP contribution in [0.2, 0.25) is 0 Å². The summed E-state index contributed by atoms with van der Waals surface area (Å²) in [6, 6.07) is 7.63. The van der Waals surface area contributed by atoms with Crippen molar-refractivity contribution in [1.29, 1.82) is 0 Å². The molecule has 0 saturated carbocycles. The normalized spacial score (nSPS) is 16.7. The molecule has 28 heavy (non-hydrogen) atoms. The van der Waals surface area contributed by atoms with Crippen molar-refractivity contribution in [3.05, 3.63) is 24.3 Å². The molecule has 0 aromatic heterocycles. The summed E-state index contributed by atoms with van der Waals surface area (Å²) in [5, 5.41) is 3.01. The molecule has 1 atom stereocenters. The molecule has 1 amide bonds. The number of hydrogen-bond donors (Lipinski definition) is 1. The van der Waals surface area contributed by atoms with Crippen LogP contribution >= 0.6 is 0 Å². The van der Waals surface area contributed by atoms with Gasteiger partial charge in [0.25, 0.3) is 5.91 Å². The van der Waals surface area contributed by atoms with Gasteiger partial charge in [-0.25, -0.2) is 0 Å². The second-order valence-electron chi connectivity index (χ2n) is 7.91. The van der Waals surface area contributed by atoms with Gasteiger partial charge in [0.1, 0.15) is 11.4 Å². The molecule has 0 spiro atoms. The number of benzene rings is 1. The van der Waals surface area contributed by atoms with E-state index in [1.54, 1.807) is 0 Å². The zero-order valence-electron chi connectivity index (χ0n) is 18.0. The van der Waals surface area contributed by atoms with Crippen molar-refractivity contribution >= 4 is 11.6 Å². The van der Waals surface area contributed by atoms with Crippen molar-refractivity contribution in [2.24, 2.45) is 0 Å². The highest BCUT2D eigenvalue weighted by Crippen LogP contribution is 2.23. The molecule has 1 N–H and O–H groups in total. The molecule has 5 nitrogen and oxygen atoms in total. The van der Waals surface area contributed by atoms with E-state index in [0.717, 1.165) is 56.7 Å². The number of carbonyl (C=O) groups is 1. The van der Waals surface area contributed by atoms with E-state index in [9.17, 15) is 4.79 Å². The maximum absolute atomic E-state index is 12.8. The second-order valence-corrected chi connectivity index (χ2v) is 7.91. The van der Waals surface area contributed by atoms with E-state index in [1.807, 2.05) is 31.2 Å². The monoisotopic (exact) mass is 390 g/mol. The summed E-state index contributed by atoms with van der Waals surface area (Å²) in [7, 11) is 0. The van der Waals surface area contributed by atoms with Gasteiger partial charge in [-0.15, -0.1) is 0 Å². The van der Waals surface area contributed by atoms with Crippen molar-refractivity contribution in [3.8, 4) is 5.75 Å². The van der Waals surface area contributed by atoms with Crippen molar-refractivity contribution in [2.75, 3.05) is 38.2 Å². The van der Waals surface area contributed by atoms with E-state index in [1.165, 1.54) is 25.9 Å². The van der Waals surface area contributed by atoms with Gasteiger partial charge in [0.2, 0.25) is 0 Å². The number of likely N-dealkylation sites (tertiary alicyclic amines) is 1. The third kappa shape index (κ3) is 7.44. The average Bonchev–Trinajstić information content (AvgIpc) is 3.23. The molecule has 1 fully saturated rings. The third-order valence-electron chi connectivity index (χ3n) is 5.31. The number of nitrogens with zero attached hydrogens (tertiary/aromatic N) is 1. The number of rotatable bonds is 13.